The summed E-state index contributed by atoms with van der Waals surface area (Å²) in [5, 5.41) is 21.7. The number of nitrogens with one attached hydrogen (secondary N) is 2. The van der Waals surface area contributed by atoms with E-state index >= 15 is 0 Å². The smallest absolute Gasteiger partial charge is 0.336 e. The molecule has 0 saturated carbocycles. The van der Waals surface area contributed by atoms with Crippen molar-refractivity contribution in [3.8, 4) is 11.1 Å². The lowest BCUT2D eigenvalue weighted by Crippen LogP contribution is -2.35. The third kappa shape index (κ3) is 5.16. The van der Waals surface area contributed by atoms with Gasteiger partial charge in [-0.25, -0.2) is 4.79 Å². The van der Waals surface area contributed by atoms with E-state index in [1.54, 1.807) is 6.07 Å². The highest BCUT2D eigenvalue weighted by Crippen LogP contribution is 2.48. The van der Waals surface area contributed by atoms with Crippen molar-refractivity contribution in [2.24, 2.45) is 5.73 Å². The summed E-state index contributed by atoms with van der Waals surface area (Å²) in [6.07, 6.45) is 0.780. The Morgan fingerprint density at radius 1 is 1.03 bits per heavy atom. The van der Waals surface area contributed by atoms with Gasteiger partial charge in [-0.15, -0.1) is 0 Å². The number of hydrogen-bond donors (Lipinski definition) is 4. The Balaban J connectivity index is 1.57. The number of amidine groups is 1. The van der Waals surface area contributed by atoms with Crippen molar-refractivity contribution < 1.29 is 9.90 Å². The number of carboxylic acids is 1. The van der Waals surface area contributed by atoms with E-state index in [1.165, 1.54) is 5.56 Å². The molecule has 2 atom stereocenters. The Hall–Kier alpha value is -4.42. The molecular weight excluding hydrogens is 484 g/mol. The fraction of sp³-hybridized carbons (Fsp3) is 0.212. The zero-order chi connectivity index (χ0) is 27.7. The second kappa shape index (κ2) is 10.4. The Labute approximate surface area is 229 Å². The average Bonchev–Trinajstić information content (AvgIpc) is 2.93. The van der Waals surface area contributed by atoms with Crippen LogP contribution in [0, 0.1) is 5.41 Å². The van der Waals surface area contributed by atoms with Gasteiger partial charge in [-0.05, 0) is 84.2 Å². The Bertz CT molecular complexity index is 1550. The van der Waals surface area contributed by atoms with Gasteiger partial charge in [0.05, 0.1) is 11.6 Å². The Morgan fingerprint density at radius 3 is 2.49 bits per heavy atom. The first kappa shape index (κ1) is 26.2. The molecular formula is C33H34N4O2. The Morgan fingerprint density at radius 2 is 1.79 bits per heavy atom. The quantitative estimate of drug-likeness (QED) is 0.171. The number of carboxylic acid groups (broad SMARTS) is 1. The lowest BCUT2D eigenvalue weighted by Gasteiger charge is -2.42. The summed E-state index contributed by atoms with van der Waals surface area (Å²) >= 11 is 0. The number of rotatable bonds is 7. The summed E-state index contributed by atoms with van der Waals surface area (Å²) in [6.45, 7) is 2.92. The molecule has 6 heteroatoms. The molecule has 0 spiro atoms. The van der Waals surface area contributed by atoms with Crippen LogP contribution in [-0.2, 0) is 12.0 Å². The van der Waals surface area contributed by atoms with Crippen LogP contribution >= 0.6 is 0 Å². The van der Waals surface area contributed by atoms with E-state index in [4.69, 9.17) is 11.1 Å². The normalized spacial score (nSPS) is 18.3. The molecule has 0 aliphatic carbocycles. The molecule has 1 aliphatic heterocycles. The maximum atomic E-state index is 12.2. The van der Waals surface area contributed by atoms with Crippen molar-refractivity contribution in [1.29, 1.82) is 5.41 Å². The molecule has 5 rings (SSSR count). The van der Waals surface area contributed by atoms with Gasteiger partial charge in [0.1, 0.15) is 5.84 Å². The number of nitrogens with two attached hydrogens (primary N) is 1. The summed E-state index contributed by atoms with van der Waals surface area (Å²) in [5.74, 6) is -0.882. The molecule has 4 aromatic rings. The maximum absolute atomic E-state index is 12.2. The molecule has 0 saturated heterocycles. The van der Waals surface area contributed by atoms with E-state index in [0.29, 0.717) is 23.2 Å². The molecule has 0 unspecified atom stereocenters. The molecule has 0 amide bonds. The van der Waals surface area contributed by atoms with Crippen LogP contribution in [0.5, 0.6) is 0 Å². The van der Waals surface area contributed by atoms with E-state index in [0.717, 1.165) is 34.4 Å². The van der Waals surface area contributed by atoms with Gasteiger partial charge in [0.15, 0.2) is 0 Å². The number of nitrogen functional groups attached to an aromatic ring is 1. The number of nitrogens with zero attached hydrogens (tertiary/aromatic N) is 1. The first-order valence-electron chi connectivity index (χ1n) is 13.1. The van der Waals surface area contributed by atoms with E-state index in [-0.39, 0.29) is 17.3 Å². The summed E-state index contributed by atoms with van der Waals surface area (Å²) < 4.78 is 0. The lowest BCUT2D eigenvalue weighted by atomic mass is 9.68. The summed E-state index contributed by atoms with van der Waals surface area (Å²) in [7, 11) is 3.94. The van der Waals surface area contributed by atoms with Crippen molar-refractivity contribution >= 4 is 17.5 Å². The topological polar surface area (TPSA) is 102 Å². The van der Waals surface area contributed by atoms with Gasteiger partial charge in [-0.3, -0.25) is 5.41 Å². The zero-order valence-corrected chi connectivity index (χ0v) is 22.5. The highest BCUT2D eigenvalue weighted by atomic mass is 16.4. The lowest BCUT2D eigenvalue weighted by molar-refractivity contribution is 0.0697. The summed E-state index contributed by atoms with van der Waals surface area (Å²) in [6, 6.07) is 30.2. The van der Waals surface area contributed by atoms with Crippen molar-refractivity contribution in [2.75, 3.05) is 19.4 Å². The molecule has 1 heterocycles. The summed E-state index contributed by atoms with van der Waals surface area (Å²) in [4.78, 5) is 14.2. The van der Waals surface area contributed by atoms with Crippen LogP contribution in [-0.4, -0.2) is 35.9 Å². The number of fused-ring (bicyclic) bond motifs is 1. The van der Waals surface area contributed by atoms with Crippen LogP contribution < -0.4 is 11.1 Å². The summed E-state index contributed by atoms with van der Waals surface area (Å²) in [5.41, 5.74) is 13.5. The zero-order valence-electron chi connectivity index (χ0n) is 22.5. The van der Waals surface area contributed by atoms with Gasteiger partial charge in [0.2, 0.25) is 0 Å². The minimum Gasteiger partial charge on any atom is -0.478 e. The molecule has 6 nitrogen and oxygen atoms in total. The van der Waals surface area contributed by atoms with E-state index in [1.807, 2.05) is 67.5 Å². The maximum Gasteiger partial charge on any atom is 0.336 e. The number of aromatic carboxylic acids is 1. The molecule has 39 heavy (non-hydrogen) atoms. The minimum atomic E-state index is -0.932. The number of anilines is 1. The van der Waals surface area contributed by atoms with E-state index in [9.17, 15) is 9.90 Å². The number of carbonyl (C=O) groups is 1. The van der Waals surface area contributed by atoms with Crippen molar-refractivity contribution in [2.45, 2.75) is 31.3 Å². The highest BCUT2D eigenvalue weighted by Gasteiger charge is 2.39. The third-order valence-corrected chi connectivity index (χ3v) is 7.69. The molecule has 0 fully saturated rings. The standard InChI is InChI=1S/C33H34N4O2/c1-33(25-10-5-4-6-11-25)19-30(36-29-15-13-24(31(34)35)18-28(29)33)23-9-7-8-22(17-23)26-14-12-21(20-37(2)3)16-27(26)32(38)39/h4-18,30,36H,19-20H2,1-3H3,(H3,34,35)(H,38,39)/t30-,33+/m0/s1. The van der Waals surface area contributed by atoms with Gasteiger partial charge in [-0.2, -0.15) is 0 Å². The van der Waals surface area contributed by atoms with Crippen molar-refractivity contribution in [1.82, 2.24) is 4.90 Å². The van der Waals surface area contributed by atoms with Gasteiger partial charge in [-0.1, -0.05) is 67.6 Å². The van der Waals surface area contributed by atoms with Crippen LogP contribution in [0.15, 0.2) is 91.0 Å². The number of hydrogen-bond acceptors (Lipinski definition) is 4. The largest absolute Gasteiger partial charge is 0.478 e. The molecule has 5 N–H and O–H groups in total. The average molecular weight is 519 g/mol. The van der Waals surface area contributed by atoms with Crippen LogP contribution in [0.4, 0.5) is 5.69 Å². The second-order valence-electron chi connectivity index (χ2n) is 10.8. The molecule has 1 aliphatic rings. The van der Waals surface area contributed by atoms with Crippen LogP contribution in [0.3, 0.4) is 0 Å². The van der Waals surface area contributed by atoms with Crippen LogP contribution in [0.2, 0.25) is 0 Å². The third-order valence-electron chi connectivity index (χ3n) is 7.69. The molecule has 0 radical (unpaired) electrons. The van der Waals surface area contributed by atoms with Crippen molar-refractivity contribution in [3.05, 3.63) is 124 Å². The fourth-order valence-electron chi connectivity index (χ4n) is 5.74. The van der Waals surface area contributed by atoms with Gasteiger partial charge in [0.25, 0.3) is 0 Å². The first-order valence-corrected chi connectivity index (χ1v) is 13.1. The predicted molar refractivity (Wildman–Crippen MR) is 158 cm³/mol. The van der Waals surface area contributed by atoms with Crippen LogP contribution in [0.25, 0.3) is 11.1 Å². The molecule has 4 aromatic carbocycles. The van der Waals surface area contributed by atoms with E-state index in [2.05, 4.69) is 48.6 Å². The van der Waals surface area contributed by atoms with Gasteiger partial charge >= 0.3 is 5.97 Å². The van der Waals surface area contributed by atoms with Gasteiger partial charge < -0.3 is 21.1 Å². The predicted octanol–water partition coefficient (Wildman–Crippen LogP) is 6.26. The molecule has 0 bridgehead atoms. The SMILES string of the molecule is CN(C)Cc1ccc(-c2cccc([C@@H]3C[C@](C)(c4ccccc4)c4cc(C(=N)N)ccc4N3)c2)c(C(=O)O)c1. The fourth-order valence-corrected chi connectivity index (χ4v) is 5.74. The minimum absolute atomic E-state index is 0.00729. The highest BCUT2D eigenvalue weighted by molar-refractivity contribution is 5.97. The monoisotopic (exact) mass is 518 g/mol. The Kier molecular flexibility index (Phi) is 6.98. The number of benzene rings is 4. The van der Waals surface area contributed by atoms with Crippen LogP contribution in [0.1, 0.15) is 57.6 Å². The second-order valence-corrected chi connectivity index (χ2v) is 10.8. The van der Waals surface area contributed by atoms with E-state index < -0.39 is 5.97 Å². The molecule has 0 aromatic heterocycles. The molecule has 198 valence electrons. The van der Waals surface area contributed by atoms with Crippen molar-refractivity contribution in [3.63, 3.8) is 0 Å². The van der Waals surface area contributed by atoms with Gasteiger partial charge in [0, 0.05) is 23.2 Å². The first-order chi connectivity index (χ1) is 18.7.